The zero-order chi connectivity index (χ0) is 13.9. The van der Waals surface area contributed by atoms with Gasteiger partial charge in [0, 0.05) is 5.39 Å². The van der Waals surface area contributed by atoms with Crippen molar-refractivity contribution in [2.45, 2.75) is 13.8 Å². The first kappa shape index (κ1) is 12.6. The highest BCUT2D eigenvalue weighted by atomic mass is 14.7. The molecule has 0 N–H and O–H groups in total. The van der Waals surface area contributed by atoms with Crippen LogP contribution >= 0.6 is 0 Å². The highest BCUT2D eigenvalue weighted by Crippen LogP contribution is 2.23. The van der Waals surface area contributed by atoms with E-state index in [1.165, 1.54) is 22.1 Å². The van der Waals surface area contributed by atoms with Crippen molar-refractivity contribution < 1.29 is 0 Å². The van der Waals surface area contributed by atoms with Gasteiger partial charge in [0.25, 0.3) is 0 Å². The zero-order valence-corrected chi connectivity index (χ0v) is 11.8. The van der Waals surface area contributed by atoms with Gasteiger partial charge in [0.1, 0.15) is 0 Å². The Morgan fingerprint density at radius 1 is 0.750 bits per heavy atom. The summed E-state index contributed by atoms with van der Waals surface area (Å²) in [7, 11) is 0. The van der Waals surface area contributed by atoms with Gasteiger partial charge in [0.2, 0.25) is 0 Å². The zero-order valence-electron chi connectivity index (χ0n) is 11.8. The van der Waals surface area contributed by atoms with E-state index in [1.807, 2.05) is 24.3 Å². The summed E-state index contributed by atoms with van der Waals surface area (Å²) >= 11 is 0. The number of hydrogen-bond acceptors (Lipinski definition) is 1. The second kappa shape index (κ2) is 5.30. The second-order valence-electron chi connectivity index (χ2n) is 5.01. The van der Waals surface area contributed by atoms with Gasteiger partial charge in [-0.25, -0.2) is 4.98 Å². The lowest BCUT2D eigenvalue weighted by atomic mass is 10.0. The summed E-state index contributed by atoms with van der Waals surface area (Å²) in [5.74, 6) is 0. The molecule has 0 fully saturated rings. The van der Waals surface area contributed by atoms with Crippen molar-refractivity contribution in [3.05, 3.63) is 77.0 Å². The largest absolute Gasteiger partial charge is 0.248 e. The molecule has 3 aromatic rings. The number of benzene rings is 2. The number of fused-ring (bicyclic) bond motifs is 1. The molecule has 0 aliphatic carbocycles. The van der Waals surface area contributed by atoms with E-state index < -0.39 is 0 Å². The molecular weight excluding hydrogens is 242 g/mol. The standard InChI is InChI=1S/C19H17N/c1-14-15(2)18(13-12-16-8-4-3-5-9-16)20-19-11-7-6-10-17(14)19/h3-13H,1-2H3. The fourth-order valence-electron chi connectivity index (χ4n) is 2.40. The van der Waals surface area contributed by atoms with E-state index in [4.69, 9.17) is 4.98 Å². The first-order valence-corrected chi connectivity index (χ1v) is 6.85. The van der Waals surface area contributed by atoms with E-state index in [0.29, 0.717) is 0 Å². The number of rotatable bonds is 2. The molecule has 1 nitrogen and oxygen atoms in total. The van der Waals surface area contributed by atoms with Crippen LogP contribution in [-0.2, 0) is 0 Å². The Morgan fingerprint density at radius 3 is 2.25 bits per heavy atom. The predicted octanol–water partition coefficient (Wildman–Crippen LogP) is 5.02. The predicted molar refractivity (Wildman–Crippen MR) is 86.6 cm³/mol. The molecule has 0 saturated heterocycles. The lowest BCUT2D eigenvalue weighted by Crippen LogP contribution is -1.93. The van der Waals surface area contributed by atoms with Gasteiger partial charge in [-0.3, -0.25) is 0 Å². The monoisotopic (exact) mass is 259 g/mol. The summed E-state index contributed by atoms with van der Waals surface area (Å²) in [5.41, 5.74) is 5.85. The summed E-state index contributed by atoms with van der Waals surface area (Å²) < 4.78 is 0. The molecule has 1 heterocycles. The first-order valence-electron chi connectivity index (χ1n) is 6.85. The highest BCUT2D eigenvalue weighted by Gasteiger charge is 2.05. The van der Waals surface area contributed by atoms with Crippen molar-refractivity contribution in [2.24, 2.45) is 0 Å². The molecule has 0 amide bonds. The summed E-state index contributed by atoms with van der Waals surface area (Å²) in [6.45, 7) is 4.30. The van der Waals surface area contributed by atoms with E-state index in [0.717, 1.165) is 11.2 Å². The van der Waals surface area contributed by atoms with Gasteiger partial charge in [0.05, 0.1) is 11.2 Å². The summed E-state index contributed by atoms with van der Waals surface area (Å²) in [6.07, 6.45) is 4.22. The maximum atomic E-state index is 4.76. The van der Waals surface area contributed by atoms with Crippen molar-refractivity contribution in [3.63, 3.8) is 0 Å². The summed E-state index contributed by atoms with van der Waals surface area (Å²) in [5, 5.41) is 1.24. The van der Waals surface area contributed by atoms with Crippen LogP contribution in [0.5, 0.6) is 0 Å². The van der Waals surface area contributed by atoms with E-state index in [9.17, 15) is 0 Å². The maximum absolute atomic E-state index is 4.76. The normalized spacial score (nSPS) is 11.3. The average Bonchev–Trinajstić information content (AvgIpc) is 2.50. The smallest absolute Gasteiger partial charge is 0.0712 e. The maximum Gasteiger partial charge on any atom is 0.0712 e. The van der Waals surface area contributed by atoms with Crippen LogP contribution in [0.4, 0.5) is 0 Å². The van der Waals surface area contributed by atoms with Gasteiger partial charge in [-0.1, -0.05) is 54.6 Å². The molecule has 0 aliphatic heterocycles. The van der Waals surface area contributed by atoms with E-state index in [1.54, 1.807) is 0 Å². The van der Waals surface area contributed by atoms with Crippen LogP contribution in [0.3, 0.4) is 0 Å². The average molecular weight is 259 g/mol. The first-order chi connectivity index (χ1) is 9.75. The number of para-hydroxylation sites is 1. The number of hydrogen-bond donors (Lipinski definition) is 0. The minimum atomic E-state index is 1.05. The van der Waals surface area contributed by atoms with Crippen molar-refractivity contribution >= 4 is 23.1 Å². The van der Waals surface area contributed by atoms with Gasteiger partial charge in [-0.15, -0.1) is 0 Å². The molecule has 1 aromatic heterocycles. The van der Waals surface area contributed by atoms with Crippen LogP contribution in [0.1, 0.15) is 22.4 Å². The van der Waals surface area contributed by atoms with Crippen molar-refractivity contribution in [2.75, 3.05) is 0 Å². The van der Waals surface area contributed by atoms with Crippen LogP contribution in [0, 0.1) is 13.8 Å². The Bertz CT molecular complexity index is 770. The number of nitrogens with zero attached hydrogens (tertiary/aromatic N) is 1. The second-order valence-corrected chi connectivity index (χ2v) is 5.01. The molecule has 2 aromatic carbocycles. The van der Waals surface area contributed by atoms with Crippen LogP contribution in [0.25, 0.3) is 23.1 Å². The van der Waals surface area contributed by atoms with E-state index >= 15 is 0 Å². The van der Waals surface area contributed by atoms with Crippen LogP contribution in [0.15, 0.2) is 54.6 Å². The van der Waals surface area contributed by atoms with Gasteiger partial charge in [0.15, 0.2) is 0 Å². The third kappa shape index (κ3) is 2.35. The van der Waals surface area contributed by atoms with Crippen LogP contribution in [-0.4, -0.2) is 4.98 Å². The van der Waals surface area contributed by atoms with Crippen LogP contribution in [0.2, 0.25) is 0 Å². The van der Waals surface area contributed by atoms with Crippen LogP contribution < -0.4 is 0 Å². The molecular formula is C19H17N. The molecule has 98 valence electrons. The summed E-state index contributed by atoms with van der Waals surface area (Å²) in [6, 6.07) is 18.6. The lowest BCUT2D eigenvalue weighted by molar-refractivity contribution is 1.25. The summed E-state index contributed by atoms with van der Waals surface area (Å²) in [4.78, 5) is 4.76. The number of aryl methyl sites for hydroxylation is 1. The Balaban J connectivity index is 2.08. The Morgan fingerprint density at radius 2 is 1.45 bits per heavy atom. The molecule has 0 radical (unpaired) electrons. The third-order valence-electron chi connectivity index (χ3n) is 3.73. The van der Waals surface area contributed by atoms with Gasteiger partial charge in [-0.2, -0.15) is 0 Å². The fourth-order valence-corrected chi connectivity index (χ4v) is 2.40. The topological polar surface area (TPSA) is 12.9 Å². The van der Waals surface area contributed by atoms with Crippen molar-refractivity contribution in [1.29, 1.82) is 0 Å². The Kier molecular flexibility index (Phi) is 3.34. The SMILES string of the molecule is Cc1c(C=Cc2ccccc2)nc2ccccc2c1C. The molecule has 1 heteroatoms. The number of aromatic nitrogens is 1. The van der Waals surface area contributed by atoms with E-state index in [2.05, 4.69) is 56.3 Å². The molecule has 0 atom stereocenters. The van der Waals surface area contributed by atoms with Gasteiger partial charge >= 0.3 is 0 Å². The Hall–Kier alpha value is -2.41. The molecule has 3 rings (SSSR count). The van der Waals surface area contributed by atoms with Crippen molar-refractivity contribution in [3.8, 4) is 0 Å². The van der Waals surface area contributed by atoms with Crippen molar-refractivity contribution in [1.82, 2.24) is 4.98 Å². The molecule has 0 bridgehead atoms. The van der Waals surface area contributed by atoms with Gasteiger partial charge in [-0.05, 0) is 42.7 Å². The Labute approximate surface area is 119 Å². The highest BCUT2D eigenvalue weighted by molar-refractivity contribution is 5.85. The minimum Gasteiger partial charge on any atom is -0.248 e. The fraction of sp³-hybridized carbons (Fsp3) is 0.105. The quantitative estimate of drug-likeness (QED) is 0.629. The lowest BCUT2D eigenvalue weighted by Gasteiger charge is -2.08. The molecule has 0 aliphatic rings. The molecule has 0 saturated carbocycles. The minimum absolute atomic E-state index is 1.05. The molecule has 0 spiro atoms. The number of pyridine rings is 1. The third-order valence-corrected chi connectivity index (χ3v) is 3.73. The van der Waals surface area contributed by atoms with Gasteiger partial charge < -0.3 is 0 Å². The molecule has 20 heavy (non-hydrogen) atoms. The molecule has 0 unspecified atom stereocenters. The van der Waals surface area contributed by atoms with E-state index in [-0.39, 0.29) is 0 Å².